The summed E-state index contributed by atoms with van der Waals surface area (Å²) >= 11 is 0. The van der Waals surface area contributed by atoms with Gasteiger partial charge in [0.1, 0.15) is 11.6 Å². The Morgan fingerprint density at radius 2 is 2.17 bits per heavy atom. The van der Waals surface area contributed by atoms with E-state index in [-0.39, 0.29) is 6.04 Å². The van der Waals surface area contributed by atoms with Crippen molar-refractivity contribution in [1.82, 2.24) is 4.98 Å². The Labute approximate surface area is 107 Å². The topological polar surface area (TPSA) is 51.4 Å². The van der Waals surface area contributed by atoms with Crippen molar-refractivity contribution in [3.05, 3.63) is 30.5 Å². The summed E-state index contributed by atoms with van der Waals surface area (Å²) in [5.41, 5.74) is 5.71. The molecule has 4 heteroatoms. The Balaban J connectivity index is 2.51. The lowest BCUT2D eigenvalue weighted by Crippen LogP contribution is -2.35. The molecule has 0 saturated carbocycles. The minimum absolute atomic E-state index is 0.255. The highest BCUT2D eigenvalue weighted by molar-refractivity contribution is 5.93. The molecule has 0 aliphatic heterocycles. The standard InChI is InChI=1S/C14H19N3O/c1-10(9-15)17(2)14-13-5-4-12(18-3)8-11(13)6-7-16-14/h4-8,10H,9,15H2,1-3H3. The molecular weight excluding hydrogens is 226 g/mol. The highest BCUT2D eigenvalue weighted by atomic mass is 16.5. The van der Waals surface area contributed by atoms with Crippen LogP contribution in [-0.2, 0) is 0 Å². The predicted molar refractivity (Wildman–Crippen MR) is 75.2 cm³/mol. The van der Waals surface area contributed by atoms with Crippen LogP contribution in [-0.4, -0.2) is 31.7 Å². The van der Waals surface area contributed by atoms with Gasteiger partial charge in [-0.2, -0.15) is 0 Å². The number of nitrogens with zero attached hydrogens (tertiary/aromatic N) is 2. The van der Waals surface area contributed by atoms with Crippen molar-refractivity contribution in [2.45, 2.75) is 13.0 Å². The van der Waals surface area contributed by atoms with E-state index >= 15 is 0 Å². The van der Waals surface area contributed by atoms with E-state index in [0.717, 1.165) is 22.3 Å². The maximum absolute atomic E-state index is 5.71. The van der Waals surface area contributed by atoms with Crippen LogP contribution in [0.25, 0.3) is 10.8 Å². The lowest BCUT2D eigenvalue weighted by molar-refractivity contribution is 0.415. The van der Waals surface area contributed by atoms with Crippen LogP contribution in [0.2, 0.25) is 0 Å². The molecule has 0 saturated heterocycles. The van der Waals surface area contributed by atoms with Crippen molar-refractivity contribution in [3.8, 4) is 5.75 Å². The van der Waals surface area contributed by atoms with Crippen LogP contribution in [0.4, 0.5) is 5.82 Å². The summed E-state index contributed by atoms with van der Waals surface area (Å²) in [6, 6.07) is 8.25. The van der Waals surface area contributed by atoms with Gasteiger partial charge >= 0.3 is 0 Å². The van der Waals surface area contributed by atoms with E-state index in [2.05, 4.69) is 16.8 Å². The van der Waals surface area contributed by atoms with Crippen molar-refractivity contribution in [2.24, 2.45) is 5.73 Å². The van der Waals surface area contributed by atoms with E-state index in [0.29, 0.717) is 6.54 Å². The van der Waals surface area contributed by atoms with Crippen molar-refractivity contribution in [3.63, 3.8) is 0 Å². The van der Waals surface area contributed by atoms with Gasteiger partial charge in [-0.15, -0.1) is 0 Å². The van der Waals surface area contributed by atoms with Crippen LogP contribution in [0.3, 0.4) is 0 Å². The number of ether oxygens (including phenoxy) is 1. The molecule has 2 aromatic rings. The fraction of sp³-hybridized carbons (Fsp3) is 0.357. The Morgan fingerprint density at radius 1 is 1.39 bits per heavy atom. The summed E-state index contributed by atoms with van der Waals surface area (Å²) in [4.78, 5) is 6.57. The molecule has 0 aliphatic rings. The van der Waals surface area contributed by atoms with E-state index < -0.39 is 0 Å². The highest BCUT2D eigenvalue weighted by Gasteiger charge is 2.12. The number of aromatic nitrogens is 1. The van der Waals surface area contributed by atoms with Crippen LogP contribution in [0.5, 0.6) is 5.75 Å². The number of pyridine rings is 1. The predicted octanol–water partition coefficient (Wildman–Crippen LogP) is 2.03. The first kappa shape index (κ1) is 12.6. The smallest absolute Gasteiger partial charge is 0.136 e. The summed E-state index contributed by atoms with van der Waals surface area (Å²) in [7, 11) is 3.69. The number of fused-ring (bicyclic) bond motifs is 1. The van der Waals surface area contributed by atoms with Crippen LogP contribution < -0.4 is 15.4 Å². The van der Waals surface area contributed by atoms with E-state index in [4.69, 9.17) is 10.5 Å². The molecule has 1 aromatic carbocycles. The fourth-order valence-electron chi connectivity index (χ4n) is 1.91. The summed E-state index contributed by atoms with van der Waals surface area (Å²) < 4.78 is 5.24. The molecule has 96 valence electrons. The molecule has 1 aromatic heterocycles. The molecule has 0 spiro atoms. The number of benzene rings is 1. The van der Waals surface area contributed by atoms with Crippen LogP contribution in [0.15, 0.2) is 30.5 Å². The van der Waals surface area contributed by atoms with E-state index in [9.17, 15) is 0 Å². The molecule has 18 heavy (non-hydrogen) atoms. The average Bonchev–Trinajstić information content (AvgIpc) is 2.44. The second kappa shape index (κ2) is 5.23. The molecule has 1 heterocycles. The van der Waals surface area contributed by atoms with Gasteiger partial charge in [-0.1, -0.05) is 0 Å². The maximum atomic E-state index is 5.71. The molecule has 0 aliphatic carbocycles. The molecule has 0 radical (unpaired) electrons. The third-order valence-corrected chi connectivity index (χ3v) is 3.29. The second-order valence-electron chi connectivity index (χ2n) is 4.42. The lowest BCUT2D eigenvalue weighted by atomic mass is 10.1. The van der Waals surface area contributed by atoms with Gasteiger partial charge in [0.15, 0.2) is 0 Å². The minimum atomic E-state index is 0.255. The van der Waals surface area contributed by atoms with Crippen LogP contribution >= 0.6 is 0 Å². The van der Waals surface area contributed by atoms with E-state index in [1.807, 2.05) is 37.5 Å². The van der Waals surface area contributed by atoms with E-state index in [1.54, 1.807) is 7.11 Å². The van der Waals surface area contributed by atoms with Gasteiger partial charge in [0.05, 0.1) is 7.11 Å². The summed E-state index contributed by atoms with van der Waals surface area (Å²) in [6.07, 6.45) is 1.82. The van der Waals surface area contributed by atoms with Gasteiger partial charge in [-0.25, -0.2) is 4.98 Å². The molecule has 4 nitrogen and oxygen atoms in total. The number of methoxy groups -OCH3 is 1. The quantitative estimate of drug-likeness (QED) is 0.895. The Morgan fingerprint density at radius 3 is 2.83 bits per heavy atom. The summed E-state index contributed by atoms with van der Waals surface area (Å²) in [5, 5.41) is 2.23. The van der Waals surface area contributed by atoms with Crippen LogP contribution in [0.1, 0.15) is 6.92 Å². The minimum Gasteiger partial charge on any atom is -0.497 e. The molecule has 2 N–H and O–H groups in total. The van der Waals surface area contributed by atoms with Gasteiger partial charge in [0.25, 0.3) is 0 Å². The SMILES string of the molecule is COc1ccc2c(N(C)C(C)CN)nccc2c1. The maximum Gasteiger partial charge on any atom is 0.136 e. The van der Waals surface area contributed by atoms with Gasteiger partial charge in [0, 0.05) is 31.2 Å². The fourth-order valence-corrected chi connectivity index (χ4v) is 1.91. The van der Waals surface area contributed by atoms with Crippen molar-refractivity contribution < 1.29 is 4.74 Å². The van der Waals surface area contributed by atoms with Crippen LogP contribution in [0, 0.1) is 0 Å². The van der Waals surface area contributed by atoms with Gasteiger partial charge in [0.2, 0.25) is 0 Å². The largest absolute Gasteiger partial charge is 0.497 e. The number of hydrogen-bond acceptors (Lipinski definition) is 4. The highest BCUT2D eigenvalue weighted by Crippen LogP contribution is 2.27. The molecule has 1 atom stereocenters. The number of anilines is 1. The molecule has 0 fully saturated rings. The number of likely N-dealkylation sites (N-methyl/N-ethyl adjacent to an activating group) is 1. The van der Waals surface area contributed by atoms with Crippen molar-refractivity contribution >= 4 is 16.6 Å². The number of nitrogens with two attached hydrogens (primary N) is 1. The second-order valence-corrected chi connectivity index (χ2v) is 4.42. The Hall–Kier alpha value is -1.81. The van der Waals surface area contributed by atoms with Gasteiger partial charge < -0.3 is 15.4 Å². The molecule has 1 unspecified atom stereocenters. The normalized spacial score (nSPS) is 12.4. The third kappa shape index (κ3) is 2.24. The Kier molecular flexibility index (Phi) is 3.67. The summed E-state index contributed by atoms with van der Waals surface area (Å²) in [6.45, 7) is 2.69. The molecule has 0 amide bonds. The lowest BCUT2D eigenvalue weighted by Gasteiger charge is -2.25. The van der Waals surface area contributed by atoms with Gasteiger partial charge in [-0.3, -0.25) is 0 Å². The number of hydrogen-bond donors (Lipinski definition) is 1. The monoisotopic (exact) mass is 245 g/mol. The molecule has 2 rings (SSSR count). The molecule has 0 bridgehead atoms. The molecular formula is C14H19N3O. The van der Waals surface area contributed by atoms with E-state index in [1.165, 1.54) is 0 Å². The van der Waals surface area contributed by atoms with Gasteiger partial charge in [-0.05, 0) is 36.6 Å². The number of rotatable bonds is 4. The zero-order valence-electron chi connectivity index (χ0n) is 11.1. The zero-order chi connectivity index (χ0) is 13.1. The first-order valence-electron chi connectivity index (χ1n) is 6.03. The first-order chi connectivity index (χ1) is 8.67. The third-order valence-electron chi connectivity index (χ3n) is 3.29. The zero-order valence-corrected chi connectivity index (χ0v) is 11.1. The Bertz CT molecular complexity index is 542. The summed E-state index contributed by atoms with van der Waals surface area (Å²) in [5.74, 6) is 1.81. The van der Waals surface area contributed by atoms with Crippen molar-refractivity contribution in [1.29, 1.82) is 0 Å². The average molecular weight is 245 g/mol. The first-order valence-corrected chi connectivity index (χ1v) is 6.03. The van der Waals surface area contributed by atoms with Crippen molar-refractivity contribution in [2.75, 3.05) is 25.6 Å².